The van der Waals surface area contributed by atoms with Crippen molar-refractivity contribution in [2.75, 3.05) is 6.54 Å². The molecule has 0 radical (unpaired) electrons. The Kier molecular flexibility index (Phi) is 3.96. The molecule has 0 saturated carbocycles. The molecule has 1 aromatic rings. The largest absolute Gasteiger partial charge is 0.352 e. The first-order valence-corrected chi connectivity index (χ1v) is 6.99. The number of fused-ring (bicyclic) bond motifs is 1. The van der Waals surface area contributed by atoms with Crippen LogP contribution in [0.2, 0.25) is 0 Å². The van der Waals surface area contributed by atoms with Crippen LogP contribution in [0.1, 0.15) is 47.6 Å². The highest BCUT2D eigenvalue weighted by atomic mass is 35.5. The molecule has 1 aliphatic rings. The first-order chi connectivity index (χ1) is 8.50. The Hall–Kier alpha value is -1.02. The average Bonchev–Trinajstić information content (AvgIpc) is 2.37. The smallest absolute Gasteiger partial charge is 0.251 e. The van der Waals surface area contributed by atoms with Gasteiger partial charge in [0.05, 0.1) is 5.38 Å². The van der Waals surface area contributed by atoms with Gasteiger partial charge in [0.2, 0.25) is 0 Å². The topological polar surface area (TPSA) is 29.1 Å². The second-order valence-electron chi connectivity index (χ2n) is 5.43. The third-order valence-electron chi connectivity index (χ3n) is 3.89. The lowest BCUT2D eigenvalue weighted by Gasteiger charge is -2.24. The lowest BCUT2D eigenvalue weighted by molar-refractivity contribution is 0.0946. The van der Waals surface area contributed by atoms with Crippen molar-refractivity contribution in [3.63, 3.8) is 0 Å². The van der Waals surface area contributed by atoms with E-state index in [2.05, 4.69) is 32.2 Å². The highest BCUT2D eigenvalue weighted by molar-refractivity contribution is 6.21. The van der Waals surface area contributed by atoms with E-state index in [4.69, 9.17) is 11.6 Å². The molecule has 0 aromatic heterocycles. The summed E-state index contributed by atoms with van der Waals surface area (Å²) in [5, 5.41) is 2.84. The van der Waals surface area contributed by atoms with Crippen LogP contribution in [0.4, 0.5) is 0 Å². The Balaban J connectivity index is 2.30. The monoisotopic (exact) mass is 265 g/mol. The summed E-state index contributed by atoms with van der Waals surface area (Å²) in [5.41, 5.74) is 2.97. The van der Waals surface area contributed by atoms with Crippen molar-refractivity contribution in [1.29, 1.82) is 0 Å². The van der Waals surface area contributed by atoms with Gasteiger partial charge in [0.15, 0.2) is 0 Å². The zero-order valence-electron chi connectivity index (χ0n) is 11.2. The summed E-state index contributed by atoms with van der Waals surface area (Å²) in [6, 6.07) is 6.07. The van der Waals surface area contributed by atoms with E-state index in [0.717, 1.165) is 29.7 Å². The van der Waals surface area contributed by atoms with Crippen LogP contribution in [-0.4, -0.2) is 12.5 Å². The van der Waals surface area contributed by atoms with E-state index < -0.39 is 0 Å². The molecule has 1 aliphatic heterocycles. The number of carbonyl (C=O) groups excluding carboxylic acids is 1. The summed E-state index contributed by atoms with van der Waals surface area (Å²) >= 11 is 6.51. The summed E-state index contributed by atoms with van der Waals surface area (Å²) in [4.78, 5) is 11.8. The van der Waals surface area contributed by atoms with E-state index in [1.165, 1.54) is 0 Å². The van der Waals surface area contributed by atoms with Crippen molar-refractivity contribution in [3.8, 4) is 0 Å². The number of carbonyl (C=O) groups is 1. The Labute approximate surface area is 114 Å². The minimum atomic E-state index is -0.0370. The molecule has 1 amide bonds. The molecule has 18 heavy (non-hydrogen) atoms. The average molecular weight is 266 g/mol. The second-order valence-corrected chi connectivity index (χ2v) is 5.90. The number of hydrogen-bond acceptors (Lipinski definition) is 1. The van der Waals surface area contributed by atoms with Crippen LogP contribution in [-0.2, 0) is 6.42 Å². The van der Waals surface area contributed by atoms with E-state index in [9.17, 15) is 4.79 Å². The Bertz CT molecular complexity index is 456. The molecule has 1 N–H and O–H groups in total. The summed E-state index contributed by atoms with van der Waals surface area (Å²) in [7, 11) is 0. The van der Waals surface area contributed by atoms with Crippen LogP contribution < -0.4 is 5.32 Å². The highest BCUT2D eigenvalue weighted by Gasteiger charge is 2.23. The molecule has 98 valence electrons. The van der Waals surface area contributed by atoms with Crippen LogP contribution in [0.15, 0.2) is 18.2 Å². The predicted octanol–water partition coefficient (Wildman–Crippen LogP) is 3.54. The normalized spacial score (nSPS) is 18.2. The van der Waals surface area contributed by atoms with Gasteiger partial charge in [-0.25, -0.2) is 0 Å². The number of nitrogens with one attached hydrogen (secondary N) is 1. The van der Waals surface area contributed by atoms with Gasteiger partial charge in [-0.1, -0.05) is 32.9 Å². The lowest BCUT2D eigenvalue weighted by atomic mass is 9.88. The fourth-order valence-corrected chi connectivity index (χ4v) is 2.67. The maximum absolute atomic E-state index is 11.8. The zero-order valence-corrected chi connectivity index (χ0v) is 11.9. The highest BCUT2D eigenvalue weighted by Crippen LogP contribution is 2.34. The van der Waals surface area contributed by atoms with Gasteiger partial charge in [0.25, 0.3) is 5.91 Å². The Morgan fingerprint density at radius 2 is 2.00 bits per heavy atom. The molecule has 2 rings (SSSR count). The first-order valence-electron chi connectivity index (χ1n) is 6.55. The lowest BCUT2D eigenvalue weighted by Crippen LogP contribution is -2.32. The fraction of sp³-hybridized carbons (Fsp3) is 0.533. The van der Waals surface area contributed by atoms with Gasteiger partial charge in [-0.05, 0) is 35.4 Å². The van der Waals surface area contributed by atoms with Gasteiger partial charge in [0, 0.05) is 12.1 Å². The quantitative estimate of drug-likeness (QED) is 0.832. The molecular formula is C15H20ClNO. The van der Waals surface area contributed by atoms with E-state index in [0.29, 0.717) is 11.8 Å². The number of alkyl halides is 1. The molecule has 0 bridgehead atoms. The number of halogens is 1. The zero-order chi connectivity index (χ0) is 13.3. The SMILES string of the molecule is CC(C)C(C)C(Cl)c1ccc2c(c1)C(=O)NCC2. The van der Waals surface area contributed by atoms with E-state index in [1.807, 2.05) is 12.1 Å². The molecule has 3 heteroatoms. The second kappa shape index (κ2) is 5.31. The van der Waals surface area contributed by atoms with Gasteiger partial charge in [-0.15, -0.1) is 11.6 Å². The Morgan fingerprint density at radius 3 is 2.67 bits per heavy atom. The third-order valence-corrected chi connectivity index (χ3v) is 4.54. The van der Waals surface area contributed by atoms with E-state index in [1.54, 1.807) is 0 Å². The van der Waals surface area contributed by atoms with Gasteiger partial charge < -0.3 is 5.32 Å². The van der Waals surface area contributed by atoms with E-state index >= 15 is 0 Å². The molecule has 0 aliphatic carbocycles. The molecule has 0 fully saturated rings. The van der Waals surface area contributed by atoms with Crippen molar-refractivity contribution in [1.82, 2.24) is 5.32 Å². The van der Waals surface area contributed by atoms with Crippen LogP contribution in [0.5, 0.6) is 0 Å². The number of hydrogen-bond donors (Lipinski definition) is 1. The summed E-state index contributed by atoms with van der Waals surface area (Å²) in [5.74, 6) is 0.938. The molecule has 2 nitrogen and oxygen atoms in total. The number of rotatable bonds is 3. The molecule has 0 saturated heterocycles. The van der Waals surface area contributed by atoms with Crippen LogP contribution in [0.25, 0.3) is 0 Å². The molecule has 1 heterocycles. The molecule has 0 spiro atoms. The van der Waals surface area contributed by atoms with Crippen LogP contribution in [0, 0.1) is 11.8 Å². The van der Waals surface area contributed by atoms with Gasteiger partial charge >= 0.3 is 0 Å². The molecular weight excluding hydrogens is 246 g/mol. The third kappa shape index (κ3) is 2.54. The molecule has 1 aromatic carbocycles. The van der Waals surface area contributed by atoms with Gasteiger partial charge in [0.1, 0.15) is 0 Å². The summed E-state index contributed by atoms with van der Waals surface area (Å²) in [6.07, 6.45) is 0.911. The van der Waals surface area contributed by atoms with Gasteiger partial charge in [-0.3, -0.25) is 4.79 Å². The summed E-state index contributed by atoms with van der Waals surface area (Å²) in [6.45, 7) is 7.23. The maximum atomic E-state index is 11.8. The fourth-order valence-electron chi connectivity index (χ4n) is 2.24. The van der Waals surface area contributed by atoms with Crippen molar-refractivity contribution in [3.05, 3.63) is 34.9 Å². The Morgan fingerprint density at radius 1 is 1.28 bits per heavy atom. The van der Waals surface area contributed by atoms with Crippen molar-refractivity contribution >= 4 is 17.5 Å². The number of benzene rings is 1. The number of amides is 1. The van der Waals surface area contributed by atoms with Crippen LogP contribution in [0.3, 0.4) is 0 Å². The van der Waals surface area contributed by atoms with Gasteiger partial charge in [-0.2, -0.15) is 0 Å². The summed E-state index contributed by atoms with van der Waals surface area (Å²) < 4.78 is 0. The first kappa shape index (κ1) is 13.4. The standard InChI is InChI=1S/C15H20ClNO/c1-9(2)10(3)14(16)12-5-4-11-6-7-17-15(18)13(11)8-12/h4-5,8-10,14H,6-7H2,1-3H3,(H,17,18). The van der Waals surface area contributed by atoms with E-state index in [-0.39, 0.29) is 11.3 Å². The minimum Gasteiger partial charge on any atom is -0.352 e. The maximum Gasteiger partial charge on any atom is 0.251 e. The minimum absolute atomic E-state index is 0.0270. The predicted molar refractivity (Wildman–Crippen MR) is 75.1 cm³/mol. The van der Waals surface area contributed by atoms with Crippen molar-refractivity contribution < 1.29 is 4.79 Å². The molecule has 2 unspecified atom stereocenters. The van der Waals surface area contributed by atoms with Crippen molar-refractivity contribution in [2.45, 2.75) is 32.6 Å². The van der Waals surface area contributed by atoms with Crippen LogP contribution >= 0.6 is 11.6 Å². The van der Waals surface area contributed by atoms with Crippen molar-refractivity contribution in [2.24, 2.45) is 11.8 Å². The molecule has 2 atom stereocenters.